The van der Waals surface area contributed by atoms with E-state index in [9.17, 15) is 9.59 Å². The van der Waals surface area contributed by atoms with Gasteiger partial charge in [-0.15, -0.1) is 0 Å². The quantitative estimate of drug-likeness (QED) is 0.536. The van der Waals surface area contributed by atoms with Crippen LogP contribution in [0.4, 0.5) is 0 Å². The normalized spacial score (nSPS) is 10.6. The van der Waals surface area contributed by atoms with Crippen molar-refractivity contribution in [2.24, 2.45) is 0 Å². The molecule has 0 aliphatic rings. The van der Waals surface area contributed by atoms with Gasteiger partial charge in [0, 0.05) is 27.2 Å². The monoisotopic (exact) mass is 357 g/mol. The second kappa shape index (κ2) is 7.40. The Morgan fingerprint density at radius 3 is 2.68 bits per heavy atom. The number of nitrogens with one attached hydrogen (secondary N) is 1. The smallest absolute Gasteiger partial charge is 0.344 e. The summed E-state index contributed by atoms with van der Waals surface area (Å²) in [6.45, 7) is 1.19. The van der Waals surface area contributed by atoms with Crippen molar-refractivity contribution < 1.29 is 19.1 Å². The minimum Gasteiger partial charge on any atom is -0.482 e. The number of fused-ring (bicyclic) bond motifs is 1. The average molecular weight is 358 g/mol. The van der Waals surface area contributed by atoms with Gasteiger partial charge < -0.3 is 14.5 Å². The van der Waals surface area contributed by atoms with Crippen molar-refractivity contribution >= 4 is 34.3 Å². The first-order chi connectivity index (χ1) is 12.0. The lowest BCUT2D eigenvalue weighted by molar-refractivity contribution is -0.144. The highest BCUT2D eigenvalue weighted by Gasteiger charge is 2.17. The number of esters is 1. The maximum atomic E-state index is 12.4. The van der Waals surface area contributed by atoms with Crippen LogP contribution in [0.2, 0.25) is 5.02 Å². The molecule has 0 atom stereocenters. The van der Waals surface area contributed by atoms with Crippen LogP contribution in [0.5, 0.6) is 5.75 Å². The molecule has 0 saturated carbocycles. The number of para-hydroxylation sites is 1. The van der Waals surface area contributed by atoms with Gasteiger partial charge in [-0.2, -0.15) is 0 Å². The first-order valence-electron chi connectivity index (χ1n) is 7.69. The molecule has 2 aromatic carbocycles. The molecule has 128 valence electrons. The van der Waals surface area contributed by atoms with E-state index >= 15 is 0 Å². The van der Waals surface area contributed by atoms with Gasteiger partial charge >= 0.3 is 5.97 Å². The summed E-state index contributed by atoms with van der Waals surface area (Å²) < 4.78 is 10.3. The van der Waals surface area contributed by atoms with Crippen LogP contribution in [0, 0.1) is 6.92 Å². The number of rotatable bonds is 6. The topological polar surface area (TPSA) is 68.4 Å². The third kappa shape index (κ3) is 4.00. The number of hydrogen-bond acceptors (Lipinski definition) is 4. The lowest BCUT2D eigenvalue weighted by Crippen LogP contribution is -2.19. The molecule has 0 saturated heterocycles. The molecule has 5 nitrogen and oxygen atoms in total. The summed E-state index contributed by atoms with van der Waals surface area (Å²) in [6.07, 6.45) is 0. The van der Waals surface area contributed by atoms with E-state index in [0.717, 1.165) is 16.6 Å². The number of halogens is 1. The molecule has 1 aromatic heterocycles. The Morgan fingerprint density at radius 1 is 1.08 bits per heavy atom. The molecule has 3 rings (SSSR count). The maximum Gasteiger partial charge on any atom is 0.344 e. The fourth-order valence-corrected chi connectivity index (χ4v) is 2.78. The fraction of sp³-hybridized carbons (Fsp3) is 0.158. The Balaban J connectivity index is 1.58. The minimum absolute atomic E-state index is 0.258. The predicted molar refractivity (Wildman–Crippen MR) is 95.3 cm³/mol. The number of carbonyl (C=O) groups excluding carboxylic acids is 2. The largest absolute Gasteiger partial charge is 0.482 e. The lowest BCUT2D eigenvalue weighted by Gasteiger charge is -2.07. The second-order valence-corrected chi connectivity index (χ2v) is 5.94. The molecule has 3 aromatic rings. The van der Waals surface area contributed by atoms with Crippen molar-refractivity contribution in [2.45, 2.75) is 6.92 Å². The molecule has 0 spiro atoms. The number of ether oxygens (including phenoxy) is 2. The number of Topliss-reactive ketones (excluding diaryl/α,β-unsaturated/α-hetero) is 1. The third-order valence-electron chi connectivity index (χ3n) is 3.69. The van der Waals surface area contributed by atoms with Crippen LogP contribution in [0.1, 0.15) is 16.1 Å². The second-order valence-electron chi connectivity index (χ2n) is 5.50. The first kappa shape index (κ1) is 17.0. The lowest BCUT2D eigenvalue weighted by atomic mass is 10.1. The number of hydrogen-bond donors (Lipinski definition) is 1. The molecule has 1 heterocycles. The first-order valence-corrected chi connectivity index (χ1v) is 8.07. The zero-order valence-electron chi connectivity index (χ0n) is 13.5. The Bertz CT molecular complexity index is 932. The van der Waals surface area contributed by atoms with Gasteiger partial charge in [0.05, 0.1) is 0 Å². The van der Waals surface area contributed by atoms with Crippen LogP contribution >= 0.6 is 11.6 Å². The molecule has 0 aliphatic carbocycles. The van der Waals surface area contributed by atoms with E-state index in [1.807, 2.05) is 31.2 Å². The standard InChI is InChI=1S/C19H16ClNO4/c1-12-19(15-7-2-3-8-16(15)21-12)17(22)10-25-18(23)11-24-14-6-4-5-13(20)9-14/h2-9,21H,10-11H2,1H3. The molecule has 0 aliphatic heterocycles. The molecule has 0 radical (unpaired) electrons. The van der Waals surface area contributed by atoms with Gasteiger partial charge in [0.15, 0.2) is 13.2 Å². The molecule has 0 amide bonds. The summed E-state index contributed by atoms with van der Waals surface area (Å²) in [5.74, 6) is -0.417. The molecule has 6 heteroatoms. The summed E-state index contributed by atoms with van der Waals surface area (Å²) in [5.41, 5.74) is 2.16. The predicted octanol–water partition coefficient (Wildman–Crippen LogP) is 3.93. The van der Waals surface area contributed by atoms with E-state index in [4.69, 9.17) is 21.1 Å². The number of ketones is 1. The summed E-state index contributed by atoms with van der Waals surface area (Å²) in [4.78, 5) is 27.3. The summed E-state index contributed by atoms with van der Waals surface area (Å²) in [5, 5.41) is 1.33. The van der Waals surface area contributed by atoms with Crippen LogP contribution in [0.15, 0.2) is 48.5 Å². The van der Waals surface area contributed by atoms with Crippen LogP contribution in [-0.4, -0.2) is 30.0 Å². The van der Waals surface area contributed by atoms with Crippen LogP contribution in [-0.2, 0) is 9.53 Å². The summed E-state index contributed by atoms with van der Waals surface area (Å²) in [6, 6.07) is 14.2. The van der Waals surface area contributed by atoms with Gasteiger partial charge in [-0.3, -0.25) is 4.79 Å². The molecule has 0 unspecified atom stereocenters. The molecular weight excluding hydrogens is 342 g/mol. The van der Waals surface area contributed by atoms with Crippen molar-refractivity contribution in [3.05, 3.63) is 64.8 Å². The van der Waals surface area contributed by atoms with Gasteiger partial charge in [-0.1, -0.05) is 35.9 Å². The van der Waals surface area contributed by atoms with Gasteiger partial charge in [0.1, 0.15) is 5.75 Å². The van der Waals surface area contributed by atoms with Gasteiger partial charge in [-0.25, -0.2) is 4.79 Å². The van der Waals surface area contributed by atoms with Crippen molar-refractivity contribution in [1.82, 2.24) is 4.98 Å². The van der Waals surface area contributed by atoms with E-state index < -0.39 is 5.97 Å². The molecule has 0 bridgehead atoms. The van der Waals surface area contributed by atoms with Crippen molar-refractivity contribution in [3.63, 3.8) is 0 Å². The molecule has 0 fully saturated rings. The number of carbonyl (C=O) groups is 2. The zero-order valence-corrected chi connectivity index (χ0v) is 14.3. The minimum atomic E-state index is -0.620. The Hall–Kier alpha value is -2.79. The highest BCUT2D eigenvalue weighted by atomic mass is 35.5. The third-order valence-corrected chi connectivity index (χ3v) is 3.92. The Morgan fingerprint density at radius 2 is 1.88 bits per heavy atom. The van der Waals surface area contributed by atoms with E-state index in [-0.39, 0.29) is 19.0 Å². The van der Waals surface area contributed by atoms with Gasteiger partial charge in [0.25, 0.3) is 0 Å². The van der Waals surface area contributed by atoms with E-state index in [1.165, 1.54) is 0 Å². The number of benzene rings is 2. The van der Waals surface area contributed by atoms with Crippen molar-refractivity contribution in [3.8, 4) is 5.75 Å². The molecular formula is C19H16ClNO4. The van der Waals surface area contributed by atoms with E-state index in [1.54, 1.807) is 24.3 Å². The summed E-state index contributed by atoms with van der Waals surface area (Å²) >= 11 is 5.84. The fourth-order valence-electron chi connectivity index (χ4n) is 2.59. The maximum absolute atomic E-state index is 12.4. The van der Waals surface area contributed by atoms with Gasteiger partial charge in [0.2, 0.25) is 5.78 Å². The highest BCUT2D eigenvalue weighted by Crippen LogP contribution is 2.22. The Kier molecular flexibility index (Phi) is 5.05. The molecule has 1 N–H and O–H groups in total. The highest BCUT2D eigenvalue weighted by molar-refractivity contribution is 6.30. The van der Waals surface area contributed by atoms with Crippen LogP contribution in [0.3, 0.4) is 0 Å². The average Bonchev–Trinajstić information content (AvgIpc) is 2.93. The van der Waals surface area contributed by atoms with E-state index in [0.29, 0.717) is 16.3 Å². The van der Waals surface area contributed by atoms with Crippen molar-refractivity contribution in [1.29, 1.82) is 0 Å². The molecule has 25 heavy (non-hydrogen) atoms. The number of aromatic nitrogens is 1. The zero-order chi connectivity index (χ0) is 17.8. The van der Waals surface area contributed by atoms with Crippen LogP contribution in [0.25, 0.3) is 10.9 Å². The van der Waals surface area contributed by atoms with Gasteiger partial charge in [-0.05, 0) is 31.2 Å². The summed E-state index contributed by atoms with van der Waals surface area (Å²) in [7, 11) is 0. The number of aryl methyl sites for hydroxylation is 1. The van der Waals surface area contributed by atoms with Crippen molar-refractivity contribution in [2.75, 3.05) is 13.2 Å². The SMILES string of the molecule is Cc1[nH]c2ccccc2c1C(=O)COC(=O)COc1cccc(Cl)c1. The number of aromatic amines is 1. The number of H-pyrrole nitrogens is 1. The Labute approximate surface area is 149 Å². The van der Waals surface area contributed by atoms with Crippen LogP contribution < -0.4 is 4.74 Å². The van der Waals surface area contributed by atoms with E-state index in [2.05, 4.69) is 4.98 Å².